The molecule has 5 aromatic rings. The van der Waals surface area contributed by atoms with Gasteiger partial charge >= 0.3 is 0 Å². The summed E-state index contributed by atoms with van der Waals surface area (Å²) in [6.07, 6.45) is 5.59. The summed E-state index contributed by atoms with van der Waals surface area (Å²) in [6, 6.07) is 10.3. The number of benzene rings is 1. The molecule has 1 aromatic carbocycles. The second-order valence-corrected chi connectivity index (χ2v) is 9.21. The fraction of sp³-hybridized carbons (Fsp3) is 0.280. The molecule has 0 radical (unpaired) electrons. The first kappa shape index (κ1) is 21.2. The number of H-pyrrole nitrogens is 2. The number of pyridine rings is 2. The molecule has 0 aliphatic carbocycles. The zero-order chi connectivity index (χ0) is 23.0. The summed E-state index contributed by atoms with van der Waals surface area (Å²) in [4.78, 5) is 17.3. The van der Waals surface area contributed by atoms with Crippen LogP contribution < -0.4 is 5.32 Å². The van der Waals surface area contributed by atoms with Gasteiger partial charge in [0.15, 0.2) is 11.5 Å². The molecule has 0 bridgehead atoms. The molecule has 0 atom stereocenters. The Hall–Kier alpha value is -3.62. The van der Waals surface area contributed by atoms with Crippen LogP contribution in [0.3, 0.4) is 0 Å². The second kappa shape index (κ2) is 8.38. The summed E-state index contributed by atoms with van der Waals surface area (Å²) >= 11 is 0. The van der Waals surface area contributed by atoms with Gasteiger partial charge in [-0.1, -0.05) is 12.1 Å². The number of ether oxygens (including phenoxy) is 1. The summed E-state index contributed by atoms with van der Waals surface area (Å²) in [5.41, 5.74) is 7.48. The third-order valence-electron chi connectivity index (χ3n) is 5.49. The Morgan fingerprint density at radius 1 is 1.06 bits per heavy atom. The first-order valence-electron chi connectivity index (χ1n) is 10.9. The lowest BCUT2D eigenvalue weighted by atomic mass is 10.1. The topological polar surface area (TPSA) is 104 Å². The minimum absolute atomic E-state index is 0.0396. The Morgan fingerprint density at radius 2 is 1.91 bits per heavy atom. The molecule has 0 fully saturated rings. The fourth-order valence-electron chi connectivity index (χ4n) is 3.83. The third kappa shape index (κ3) is 4.35. The van der Waals surface area contributed by atoms with Gasteiger partial charge in [0.05, 0.1) is 23.0 Å². The molecule has 0 aliphatic rings. The first-order chi connectivity index (χ1) is 15.9. The van der Waals surface area contributed by atoms with E-state index in [0.29, 0.717) is 12.3 Å². The van der Waals surface area contributed by atoms with Gasteiger partial charge in [0.1, 0.15) is 5.69 Å². The molecule has 168 valence electrons. The highest BCUT2D eigenvalue weighted by Crippen LogP contribution is 2.30. The summed E-state index contributed by atoms with van der Waals surface area (Å²) in [7, 11) is 1.69. The molecule has 8 heteroatoms. The zero-order valence-corrected chi connectivity index (χ0v) is 19.2. The van der Waals surface area contributed by atoms with E-state index in [4.69, 9.17) is 9.72 Å². The van der Waals surface area contributed by atoms with Gasteiger partial charge in [0.2, 0.25) is 0 Å². The van der Waals surface area contributed by atoms with Crippen molar-refractivity contribution < 1.29 is 4.74 Å². The minimum Gasteiger partial charge on any atom is -0.380 e. The first-order valence-corrected chi connectivity index (χ1v) is 10.9. The summed E-state index contributed by atoms with van der Waals surface area (Å²) in [5, 5.41) is 11.9. The number of nitrogens with zero attached hydrogens (tertiary/aromatic N) is 4. The number of aromatic nitrogens is 6. The van der Waals surface area contributed by atoms with Crippen LogP contribution in [0.15, 0.2) is 48.9 Å². The van der Waals surface area contributed by atoms with Gasteiger partial charge in [-0.2, -0.15) is 5.10 Å². The lowest BCUT2D eigenvalue weighted by molar-refractivity contribution is 0.186. The fourth-order valence-corrected chi connectivity index (χ4v) is 3.83. The molecule has 5 rings (SSSR count). The number of imidazole rings is 1. The molecule has 0 amide bonds. The maximum Gasteiger partial charge on any atom is 0.181 e. The standard InChI is InChI=1S/C25H27N7O/c1-25(2,3)28-11-15-8-17(12-26-10-15)18-9-19-22(31-32-23(19)27-13-18)24-29-20-7-5-6-16(14-33-4)21(20)30-24/h5-10,12-13,28H,11,14H2,1-4H3,(H,29,30)(H,27,31,32). The quantitative estimate of drug-likeness (QED) is 0.356. The number of aromatic amines is 2. The van der Waals surface area contributed by atoms with Crippen LogP contribution in [-0.4, -0.2) is 42.8 Å². The monoisotopic (exact) mass is 441 g/mol. The van der Waals surface area contributed by atoms with Crippen molar-refractivity contribution in [1.29, 1.82) is 0 Å². The van der Waals surface area contributed by atoms with Gasteiger partial charge in [-0.05, 0) is 44.5 Å². The predicted octanol–water partition coefficient (Wildman–Crippen LogP) is 4.60. The highest BCUT2D eigenvalue weighted by molar-refractivity contribution is 5.93. The van der Waals surface area contributed by atoms with Crippen LogP contribution in [0.5, 0.6) is 0 Å². The average molecular weight is 442 g/mol. The number of hydrogen-bond donors (Lipinski definition) is 3. The number of para-hydroxylation sites is 1. The molecular weight excluding hydrogens is 414 g/mol. The van der Waals surface area contributed by atoms with Crippen LogP contribution >= 0.6 is 0 Å². The van der Waals surface area contributed by atoms with Crippen molar-refractivity contribution in [3.63, 3.8) is 0 Å². The van der Waals surface area contributed by atoms with E-state index < -0.39 is 0 Å². The molecule has 3 N–H and O–H groups in total. The molecule has 0 unspecified atom stereocenters. The number of methoxy groups -OCH3 is 1. The maximum absolute atomic E-state index is 5.32. The van der Waals surface area contributed by atoms with Crippen LogP contribution in [0.1, 0.15) is 31.9 Å². The average Bonchev–Trinajstić information content (AvgIpc) is 3.42. The smallest absolute Gasteiger partial charge is 0.181 e. The Bertz CT molecular complexity index is 1430. The Kier molecular flexibility index (Phi) is 5.39. The number of fused-ring (bicyclic) bond motifs is 2. The molecule has 8 nitrogen and oxygen atoms in total. The van der Waals surface area contributed by atoms with Gasteiger partial charge in [0.25, 0.3) is 0 Å². The Morgan fingerprint density at radius 3 is 2.73 bits per heavy atom. The van der Waals surface area contributed by atoms with E-state index in [1.54, 1.807) is 7.11 Å². The highest BCUT2D eigenvalue weighted by Gasteiger charge is 2.16. The van der Waals surface area contributed by atoms with Gasteiger partial charge < -0.3 is 15.0 Å². The molecule has 0 spiro atoms. The lowest BCUT2D eigenvalue weighted by Crippen LogP contribution is -2.35. The predicted molar refractivity (Wildman–Crippen MR) is 130 cm³/mol. The van der Waals surface area contributed by atoms with Crippen molar-refractivity contribution in [1.82, 2.24) is 35.5 Å². The van der Waals surface area contributed by atoms with Crippen molar-refractivity contribution in [3.05, 3.63) is 60.0 Å². The minimum atomic E-state index is 0.0396. The van der Waals surface area contributed by atoms with Crippen LogP contribution in [0.2, 0.25) is 0 Å². The van der Waals surface area contributed by atoms with E-state index in [1.165, 1.54) is 0 Å². The molecule has 33 heavy (non-hydrogen) atoms. The lowest BCUT2D eigenvalue weighted by Gasteiger charge is -2.20. The van der Waals surface area contributed by atoms with Crippen molar-refractivity contribution >= 4 is 22.1 Å². The third-order valence-corrected chi connectivity index (χ3v) is 5.49. The summed E-state index contributed by atoms with van der Waals surface area (Å²) in [6.45, 7) is 7.71. The van der Waals surface area contributed by atoms with E-state index in [9.17, 15) is 0 Å². The van der Waals surface area contributed by atoms with Crippen LogP contribution in [0, 0.1) is 0 Å². The molecule has 4 aromatic heterocycles. The van der Waals surface area contributed by atoms with E-state index in [2.05, 4.69) is 63.4 Å². The summed E-state index contributed by atoms with van der Waals surface area (Å²) in [5.74, 6) is 0.719. The second-order valence-electron chi connectivity index (χ2n) is 9.21. The van der Waals surface area contributed by atoms with Crippen molar-refractivity contribution in [3.8, 4) is 22.6 Å². The van der Waals surface area contributed by atoms with Gasteiger partial charge in [-0.15, -0.1) is 0 Å². The SMILES string of the molecule is COCc1cccc2[nH]c(-c3[nH]nc4ncc(-c5cncc(CNC(C)(C)C)c5)cc34)nc12. The Labute approximate surface area is 191 Å². The summed E-state index contributed by atoms with van der Waals surface area (Å²) < 4.78 is 5.32. The largest absolute Gasteiger partial charge is 0.380 e. The number of hydrogen-bond acceptors (Lipinski definition) is 6. The van der Waals surface area contributed by atoms with Crippen molar-refractivity contribution in [2.45, 2.75) is 39.5 Å². The highest BCUT2D eigenvalue weighted by atomic mass is 16.5. The van der Waals surface area contributed by atoms with Crippen LogP contribution in [0.25, 0.3) is 44.7 Å². The zero-order valence-electron chi connectivity index (χ0n) is 19.2. The van der Waals surface area contributed by atoms with Gasteiger partial charge in [-0.25, -0.2) is 9.97 Å². The van der Waals surface area contributed by atoms with E-state index in [0.717, 1.165) is 56.7 Å². The van der Waals surface area contributed by atoms with E-state index in [-0.39, 0.29) is 5.54 Å². The maximum atomic E-state index is 5.32. The Balaban J connectivity index is 1.53. The normalized spacial score (nSPS) is 12.1. The number of rotatable bonds is 6. The van der Waals surface area contributed by atoms with Crippen molar-refractivity contribution in [2.24, 2.45) is 0 Å². The van der Waals surface area contributed by atoms with Gasteiger partial charge in [-0.3, -0.25) is 10.1 Å². The number of nitrogens with one attached hydrogen (secondary N) is 3. The molecule has 0 aliphatic heterocycles. The van der Waals surface area contributed by atoms with E-state index in [1.807, 2.05) is 36.8 Å². The molecule has 4 heterocycles. The molecule has 0 saturated carbocycles. The molecule has 0 saturated heterocycles. The van der Waals surface area contributed by atoms with Crippen molar-refractivity contribution in [2.75, 3.05) is 7.11 Å². The van der Waals surface area contributed by atoms with Crippen LogP contribution in [-0.2, 0) is 17.9 Å². The van der Waals surface area contributed by atoms with Crippen LogP contribution in [0.4, 0.5) is 0 Å². The van der Waals surface area contributed by atoms with E-state index >= 15 is 0 Å². The molecular formula is C25H27N7O. The van der Waals surface area contributed by atoms with Gasteiger partial charge in [0, 0.05) is 54.5 Å².